The number of rotatable bonds is 6. The standard InChI is InChI=1S/C22H28N6O4/c1-2-32-22(29)17-8-10-26(11-9-17)20-19(28(30)31)21(24-16-23-20)27-14-12-25(13-15-27)18-6-4-3-5-7-18/h3-7,16-17H,2,8-15H2,1H3. The van der Waals surface area contributed by atoms with Gasteiger partial charge in [0.05, 0.1) is 17.4 Å². The number of nitro groups is 1. The van der Waals surface area contributed by atoms with Crippen molar-refractivity contribution in [2.24, 2.45) is 5.92 Å². The molecule has 0 saturated carbocycles. The Balaban J connectivity index is 1.49. The number of benzene rings is 1. The van der Waals surface area contributed by atoms with Gasteiger partial charge in [-0.15, -0.1) is 0 Å². The highest BCUT2D eigenvalue weighted by Gasteiger charge is 2.34. The number of piperazine rings is 1. The van der Waals surface area contributed by atoms with Gasteiger partial charge in [0.15, 0.2) is 0 Å². The first-order valence-electron chi connectivity index (χ1n) is 11.0. The van der Waals surface area contributed by atoms with Gasteiger partial charge < -0.3 is 19.4 Å². The van der Waals surface area contributed by atoms with Crippen molar-refractivity contribution in [3.63, 3.8) is 0 Å². The quantitative estimate of drug-likeness (QED) is 0.380. The summed E-state index contributed by atoms with van der Waals surface area (Å²) in [6.07, 6.45) is 2.58. The number of carbonyl (C=O) groups is 1. The number of carbonyl (C=O) groups excluding carboxylic acids is 1. The summed E-state index contributed by atoms with van der Waals surface area (Å²) in [6.45, 7) is 5.96. The van der Waals surface area contributed by atoms with E-state index in [2.05, 4.69) is 27.0 Å². The average molecular weight is 441 g/mol. The third-order valence-corrected chi connectivity index (χ3v) is 6.08. The van der Waals surface area contributed by atoms with Crippen molar-refractivity contribution in [3.05, 3.63) is 46.8 Å². The molecule has 0 radical (unpaired) electrons. The average Bonchev–Trinajstić information content (AvgIpc) is 2.84. The minimum atomic E-state index is -0.383. The maximum absolute atomic E-state index is 12.1. The molecule has 3 heterocycles. The van der Waals surface area contributed by atoms with E-state index in [0.29, 0.717) is 57.3 Å². The van der Waals surface area contributed by atoms with Crippen molar-refractivity contribution >= 4 is 29.0 Å². The second kappa shape index (κ2) is 9.80. The van der Waals surface area contributed by atoms with Crippen LogP contribution in [0.25, 0.3) is 0 Å². The summed E-state index contributed by atoms with van der Waals surface area (Å²) in [6, 6.07) is 10.1. The molecule has 0 spiro atoms. The molecule has 2 saturated heterocycles. The number of hydrogen-bond acceptors (Lipinski definition) is 9. The van der Waals surface area contributed by atoms with Crippen LogP contribution in [0.4, 0.5) is 23.0 Å². The van der Waals surface area contributed by atoms with E-state index in [1.165, 1.54) is 6.33 Å². The summed E-state index contributed by atoms with van der Waals surface area (Å²) < 4.78 is 5.12. The highest BCUT2D eigenvalue weighted by Crippen LogP contribution is 2.36. The minimum Gasteiger partial charge on any atom is -0.466 e. The molecule has 2 aromatic rings. The molecule has 0 bridgehead atoms. The Hall–Kier alpha value is -3.43. The fourth-order valence-corrected chi connectivity index (χ4v) is 4.39. The van der Waals surface area contributed by atoms with E-state index in [4.69, 9.17) is 4.74 Å². The third kappa shape index (κ3) is 4.58. The second-order valence-corrected chi connectivity index (χ2v) is 7.95. The molecule has 2 aliphatic rings. The lowest BCUT2D eigenvalue weighted by Crippen LogP contribution is -2.47. The van der Waals surface area contributed by atoms with Crippen LogP contribution >= 0.6 is 0 Å². The van der Waals surface area contributed by atoms with Crippen molar-refractivity contribution in [1.29, 1.82) is 0 Å². The predicted octanol–water partition coefficient (Wildman–Crippen LogP) is 2.49. The van der Waals surface area contributed by atoms with Crippen molar-refractivity contribution in [1.82, 2.24) is 9.97 Å². The van der Waals surface area contributed by atoms with E-state index in [1.54, 1.807) is 6.92 Å². The number of piperidine rings is 1. The van der Waals surface area contributed by atoms with Gasteiger partial charge in [0.25, 0.3) is 0 Å². The Labute approximate surface area is 187 Å². The van der Waals surface area contributed by atoms with Crippen LogP contribution in [-0.4, -0.2) is 66.7 Å². The SMILES string of the molecule is CCOC(=O)C1CCN(c2ncnc(N3CCN(c4ccccc4)CC3)c2[N+](=O)[O-])CC1. The highest BCUT2D eigenvalue weighted by atomic mass is 16.6. The molecule has 4 rings (SSSR count). The summed E-state index contributed by atoms with van der Waals surface area (Å²) in [5.41, 5.74) is 1.09. The van der Waals surface area contributed by atoms with Gasteiger partial charge in [-0.2, -0.15) is 0 Å². The number of nitrogens with zero attached hydrogens (tertiary/aromatic N) is 6. The smallest absolute Gasteiger partial charge is 0.353 e. The van der Waals surface area contributed by atoms with Gasteiger partial charge in [0, 0.05) is 45.0 Å². The Morgan fingerprint density at radius 2 is 1.56 bits per heavy atom. The third-order valence-electron chi connectivity index (χ3n) is 6.08. The number of aromatic nitrogens is 2. The zero-order valence-corrected chi connectivity index (χ0v) is 18.2. The van der Waals surface area contributed by atoms with Gasteiger partial charge >= 0.3 is 11.7 Å². The zero-order chi connectivity index (χ0) is 22.5. The largest absolute Gasteiger partial charge is 0.466 e. The normalized spacial score (nSPS) is 17.3. The van der Waals surface area contributed by atoms with Gasteiger partial charge in [-0.3, -0.25) is 14.9 Å². The molecule has 1 aromatic carbocycles. The Morgan fingerprint density at radius 1 is 1.00 bits per heavy atom. The Morgan fingerprint density at radius 3 is 2.12 bits per heavy atom. The molecule has 0 atom stereocenters. The van der Waals surface area contributed by atoms with Gasteiger partial charge in [-0.05, 0) is 31.9 Å². The summed E-state index contributed by atoms with van der Waals surface area (Å²) in [7, 11) is 0. The van der Waals surface area contributed by atoms with Gasteiger partial charge in [0.1, 0.15) is 6.33 Å². The topological polar surface area (TPSA) is 105 Å². The van der Waals surface area contributed by atoms with Gasteiger partial charge in [-0.25, -0.2) is 9.97 Å². The van der Waals surface area contributed by atoms with E-state index in [-0.39, 0.29) is 22.5 Å². The van der Waals surface area contributed by atoms with E-state index in [9.17, 15) is 14.9 Å². The van der Waals surface area contributed by atoms with Crippen LogP contribution in [0.2, 0.25) is 0 Å². The lowest BCUT2D eigenvalue weighted by Gasteiger charge is -2.37. The number of ether oxygens (including phenoxy) is 1. The van der Waals surface area contributed by atoms with Crippen molar-refractivity contribution in [2.45, 2.75) is 19.8 Å². The van der Waals surface area contributed by atoms with Crippen LogP contribution in [0.5, 0.6) is 0 Å². The summed E-state index contributed by atoms with van der Waals surface area (Å²) in [4.78, 5) is 38.4. The van der Waals surface area contributed by atoms with Crippen LogP contribution in [0.1, 0.15) is 19.8 Å². The maximum Gasteiger partial charge on any atom is 0.353 e. The molecule has 170 valence electrons. The lowest BCUT2D eigenvalue weighted by molar-refractivity contribution is -0.383. The first kappa shape index (κ1) is 21.8. The second-order valence-electron chi connectivity index (χ2n) is 7.95. The summed E-state index contributed by atoms with van der Waals surface area (Å²) in [5.74, 6) is 0.326. The Kier molecular flexibility index (Phi) is 6.67. The van der Waals surface area contributed by atoms with Crippen molar-refractivity contribution in [2.75, 3.05) is 60.6 Å². The van der Waals surface area contributed by atoms with Gasteiger partial charge in [-0.1, -0.05) is 18.2 Å². The number of esters is 1. The Bertz CT molecular complexity index is 941. The van der Waals surface area contributed by atoms with Crippen molar-refractivity contribution < 1.29 is 14.5 Å². The minimum absolute atomic E-state index is 0.0600. The molecule has 1 aromatic heterocycles. The molecule has 0 unspecified atom stereocenters. The number of anilines is 3. The van der Waals surface area contributed by atoms with E-state index in [1.807, 2.05) is 28.0 Å². The predicted molar refractivity (Wildman–Crippen MR) is 121 cm³/mol. The zero-order valence-electron chi connectivity index (χ0n) is 18.2. The number of hydrogen-bond donors (Lipinski definition) is 0. The van der Waals surface area contributed by atoms with Crippen molar-refractivity contribution in [3.8, 4) is 0 Å². The van der Waals surface area contributed by atoms with E-state index >= 15 is 0 Å². The first-order chi connectivity index (χ1) is 15.6. The fourth-order valence-electron chi connectivity index (χ4n) is 4.39. The molecule has 0 aliphatic carbocycles. The molecule has 10 nitrogen and oxygen atoms in total. The van der Waals surface area contributed by atoms with Crippen LogP contribution < -0.4 is 14.7 Å². The molecule has 0 N–H and O–H groups in total. The van der Waals surface area contributed by atoms with Gasteiger partial charge in [0.2, 0.25) is 11.6 Å². The molecule has 2 aliphatic heterocycles. The molecule has 10 heteroatoms. The highest BCUT2D eigenvalue weighted by molar-refractivity contribution is 5.74. The van der Waals surface area contributed by atoms with E-state index in [0.717, 1.165) is 18.8 Å². The number of para-hydroxylation sites is 1. The molecular weight excluding hydrogens is 412 g/mol. The van der Waals surface area contributed by atoms with E-state index < -0.39 is 0 Å². The van der Waals surface area contributed by atoms with Crippen LogP contribution in [0.15, 0.2) is 36.7 Å². The van der Waals surface area contributed by atoms with Crippen LogP contribution in [-0.2, 0) is 9.53 Å². The fraction of sp³-hybridized carbons (Fsp3) is 0.500. The van der Waals surface area contributed by atoms with Crippen LogP contribution in [0, 0.1) is 16.0 Å². The summed E-state index contributed by atoms with van der Waals surface area (Å²) in [5, 5.41) is 12.1. The molecular formula is C22H28N6O4. The first-order valence-corrected chi connectivity index (χ1v) is 11.0. The molecule has 2 fully saturated rings. The summed E-state index contributed by atoms with van der Waals surface area (Å²) >= 11 is 0. The lowest BCUT2D eigenvalue weighted by atomic mass is 9.97. The molecule has 0 amide bonds. The van der Waals surface area contributed by atoms with Crippen LogP contribution in [0.3, 0.4) is 0 Å². The monoisotopic (exact) mass is 440 g/mol. The maximum atomic E-state index is 12.1. The molecule has 32 heavy (non-hydrogen) atoms.